The largest absolute Gasteiger partial charge is 0.743 e. The van der Waals surface area contributed by atoms with Gasteiger partial charge in [-0.05, 0) is 38.5 Å². The molecule has 1 heterocycles. The molecule has 0 radical (unpaired) electrons. The van der Waals surface area contributed by atoms with Gasteiger partial charge < -0.3 is 14.0 Å². The highest BCUT2D eigenvalue weighted by atomic mass is 32.2. The molecular formula is C24H23F4O5S-. The minimum Gasteiger partial charge on any atom is -0.743 e. The third-order valence-electron chi connectivity index (χ3n) is 7.49. The van der Waals surface area contributed by atoms with Gasteiger partial charge in [-0.15, -0.1) is 0 Å². The van der Waals surface area contributed by atoms with Crippen LogP contribution in [-0.4, -0.2) is 36.4 Å². The third kappa shape index (κ3) is 3.26. The Hall–Kier alpha value is -2.01. The summed E-state index contributed by atoms with van der Waals surface area (Å²) in [6, 6.07) is 14.7. The molecule has 184 valence electrons. The first-order valence-corrected chi connectivity index (χ1v) is 12.4. The average molecular weight is 500 g/mol. The minimum atomic E-state index is -6.56. The van der Waals surface area contributed by atoms with Gasteiger partial charge in [0.25, 0.3) is 0 Å². The number of fused-ring (bicyclic) bond motifs is 5. The first-order valence-electron chi connectivity index (χ1n) is 11.0. The SMILES string of the molecule is Cc1ccc(C2(c3ccc(C)cc3)OC3C4CC(C3O2)C(C(F)(F)C(F)(F)S(=O)(=O)[O-])C4)cc1. The van der Waals surface area contributed by atoms with Crippen LogP contribution >= 0.6 is 0 Å². The van der Waals surface area contributed by atoms with Crippen molar-refractivity contribution < 1.29 is 40.0 Å². The van der Waals surface area contributed by atoms with Gasteiger partial charge in [0.2, 0.25) is 5.79 Å². The van der Waals surface area contributed by atoms with Crippen molar-refractivity contribution in [3.05, 3.63) is 70.8 Å². The Kier molecular flexibility index (Phi) is 5.23. The topological polar surface area (TPSA) is 75.7 Å². The van der Waals surface area contributed by atoms with E-state index in [4.69, 9.17) is 9.47 Å². The second-order valence-corrected chi connectivity index (χ2v) is 11.0. The Morgan fingerprint density at radius 2 is 1.32 bits per heavy atom. The van der Waals surface area contributed by atoms with Crippen molar-refractivity contribution in [1.29, 1.82) is 0 Å². The summed E-state index contributed by atoms with van der Waals surface area (Å²) in [5.74, 6) is -10.1. The predicted octanol–water partition coefficient (Wildman–Crippen LogP) is 4.72. The molecule has 2 aromatic rings. The molecule has 5 rings (SSSR count). The Morgan fingerprint density at radius 1 is 0.853 bits per heavy atom. The molecule has 2 bridgehead atoms. The van der Waals surface area contributed by atoms with Crippen LogP contribution in [0.2, 0.25) is 0 Å². The molecule has 2 saturated carbocycles. The molecular weight excluding hydrogens is 476 g/mol. The van der Waals surface area contributed by atoms with Gasteiger partial charge >= 0.3 is 11.2 Å². The molecule has 2 aliphatic carbocycles. The summed E-state index contributed by atoms with van der Waals surface area (Å²) in [6.07, 6.45) is -1.84. The molecule has 3 aliphatic rings. The van der Waals surface area contributed by atoms with Gasteiger partial charge in [-0.1, -0.05) is 59.7 Å². The van der Waals surface area contributed by atoms with Gasteiger partial charge in [0.15, 0.2) is 10.1 Å². The van der Waals surface area contributed by atoms with Crippen LogP contribution in [0.5, 0.6) is 0 Å². The molecule has 2 aromatic carbocycles. The summed E-state index contributed by atoms with van der Waals surface area (Å²) in [5.41, 5.74) is 3.24. The fourth-order valence-electron chi connectivity index (χ4n) is 5.77. The first kappa shape index (κ1) is 23.7. The number of rotatable bonds is 5. The Labute approximate surface area is 194 Å². The second kappa shape index (κ2) is 7.49. The first-order chi connectivity index (χ1) is 15.8. The number of alkyl halides is 4. The standard InChI is InChI=1S/C24H24F4O5S/c1-13-3-7-16(8-4-13)22(17-9-5-14(2)6-10-17)32-20-15-11-18(21(20)33-22)19(12-15)23(25,26)24(27,28)34(29,30)31/h3-10,15,18-21H,11-12H2,1-2H3,(H,29,30,31)/p-1. The molecule has 34 heavy (non-hydrogen) atoms. The Bertz CT molecular complexity index is 1150. The zero-order chi connectivity index (χ0) is 24.7. The highest BCUT2D eigenvalue weighted by Crippen LogP contribution is 2.63. The van der Waals surface area contributed by atoms with E-state index in [0.29, 0.717) is 11.1 Å². The van der Waals surface area contributed by atoms with Crippen molar-refractivity contribution >= 4 is 10.1 Å². The van der Waals surface area contributed by atoms with Crippen LogP contribution < -0.4 is 0 Å². The molecule has 5 atom stereocenters. The summed E-state index contributed by atoms with van der Waals surface area (Å²) < 4.78 is 103. The lowest BCUT2D eigenvalue weighted by atomic mass is 9.81. The van der Waals surface area contributed by atoms with E-state index in [-0.39, 0.29) is 12.8 Å². The maximum atomic E-state index is 14.8. The van der Waals surface area contributed by atoms with E-state index < -0.39 is 57.0 Å². The number of aryl methyl sites for hydroxylation is 2. The van der Waals surface area contributed by atoms with E-state index >= 15 is 0 Å². The van der Waals surface area contributed by atoms with Crippen molar-refractivity contribution in [1.82, 2.24) is 0 Å². The van der Waals surface area contributed by atoms with Gasteiger partial charge in [0, 0.05) is 17.0 Å². The molecule has 1 saturated heterocycles. The number of hydrogen-bond donors (Lipinski definition) is 0. The average Bonchev–Trinajstić information content (AvgIpc) is 3.45. The zero-order valence-corrected chi connectivity index (χ0v) is 19.2. The van der Waals surface area contributed by atoms with Crippen molar-refractivity contribution in [3.8, 4) is 0 Å². The van der Waals surface area contributed by atoms with Crippen LogP contribution in [0, 0.1) is 31.6 Å². The quantitative estimate of drug-likeness (QED) is 0.440. The van der Waals surface area contributed by atoms with Crippen LogP contribution in [0.25, 0.3) is 0 Å². The Morgan fingerprint density at radius 3 is 1.79 bits per heavy atom. The highest BCUT2D eigenvalue weighted by Gasteiger charge is 2.73. The second-order valence-electron chi connectivity index (χ2n) is 9.61. The maximum Gasteiger partial charge on any atom is 0.396 e. The minimum absolute atomic E-state index is 0.127. The number of hydrogen-bond acceptors (Lipinski definition) is 5. The highest BCUT2D eigenvalue weighted by molar-refractivity contribution is 7.86. The zero-order valence-electron chi connectivity index (χ0n) is 18.4. The molecule has 0 amide bonds. The van der Waals surface area contributed by atoms with E-state index in [9.17, 15) is 30.5 Å². The van der Waals surface area contributed by atoms with Gasteiger partial charge in [0.05, 0.1) is 12.2 Å². The molecule has 5 unspecified atom stereocenters. The number of halogens is 4. The monoisotopic (exact) mass is 499 g/mol. The molecule has 0 spiro atoms. The van der Waals surface area contributed by atoms with E-state index in [2.05, 4.69) is 0 Å². The van der Waals surface area contributed by atoms with E-state index in [1.165, 1.54) is 0 Å². The summed E-state index contributed by atoms with van der Waals surface area (Å²) in [5, 5.41) is -5.71. The van der Waals surface area contributed by atoms with Crippen molar-refractivity contribution in [2.24, 2.45) is 17.8 Å². The van der Waals surface area contributed by atoms with E-state index in [0.717, 1.165) is 11.1 Å². The summed E-state index contributed by atoms with van der Waals surface area (Å²) in [4.78, 5) is 0. The summed E-state index contributed by atoms with van der Waals surface area (Å²) >= 11 is 0. The van der Waals surface area contributed by atoms with Gasteiger partial charge in [0.1, 0.15) is 0 Å². The third-order valence-corrected chi connectivity index (χ3v) is 8.39. The lowest BCUT2D eigenvalue weighted by Crippen LogP contribution is -2.55. The lowest BCUT2D eigenvalue weighted by Gasteiger charge is -2.38. The van der Waals surface area contributed by atoms with Crippen molar-refractivity contribution in [2.75, 3.05) is 0 Å². The van der Waals surface area contributed by atoms with Crippen molar-refractivity contribution in [2.45, 2.75) is 55.9 Å². The van der Waals surface area contributed by atoms with Crippen LogP contribution in [0.15, 0.2) is 48.5 Å². The van der Waals surface area contributed by atoms with E-state index in [1.54, 1.807) is 0 Å². The smallest absolute Gasteiger partial charge is 0.396 e. The fourth-order valence-corrected chi connectivity index (χ4v) is 6.25. The predicted molar refractivity (Wildman–Crippen MR) is 112 cm³/mol. The number of ether oxygens (including phenoxy) is 2. The van der Waals surface area contributed by atoms with Crippen LogP contribution in [0.3, 0.4) is 0 Å². The molecule has 5 nitrogen and oxygen atoms in total. The maximum absolute atomic E-state index is 14.8. The molecule has 0 aromatic heterocycles. The van der Waals surface area contributed by atoms with Crippen LogP contribution in [0.4, 0.5) is 17.6 Å². The van der Waals surface area contributed by atoms with Gasteiger partial charge in [-0.2, -0.15) is 17.6 Å². The summed E-state index contributed by atoms with van der Waals surface area (Å²) in [7, 11) is -6.56. The van der Waals surface area contributed by atoms with Gasteiger partial charge in [-0.3, -0.25) is 0 Å². The molecule has 1 aliphatic heterocycles. The number of benzene rings is 2. The van der Waals surface area contributed by atoms with Crippen LogP contribution in [-0.2, 0) is 25.4 Å². The fraction of sp³-hybridized carbons (Fsp3) is 0.500. The molecule has 3 fully saturated rings. The normalized spacial score (nSPS) is 30.5. The lowest BCUT2D eigenvalue weighted by molar-refractivity contribution is -0.213. The molecule has 0 N–H and O–H groups in total. The van der Waals surface area contributed by atoms with Gasteiger partial charge in [-0.25, -0.2) is 8.42 Å². The summed E-state index contributed by atoms with van der Waals surface area (Å²) in [6.45, 7) is 3.81. The molecule has 10 heteroatoms. The van der Waals surface area contributed by atoms with Crippen molar-refractivity contribution in [3.63, 3.8) is 0 Å². The Balaban J connectivity index is 1.53. The van der Waals surface area contributed by atoms with Crippen LogP contribution in [0.1, 0.15) is 35.1 Å². The van der Waals surface area contributed by atoms with E-state index in [1.807, 2.05) is 62.4 Å².